The first-order chi connectivity index (χ1) is 12.3. The van der Waals surface area contributed by atoms with Gasteiger partial charge < -0.3 is 10.1 Å². The van der Waals surface area contributed by atoms with E-state index in [0.29, 0.717) is 0 Å². The average molecular weight is 380 g/mol. The van der Waals surface area contributed by atoms with E-state index in [1.165, 1.54) is 12.5 Å². The summed E-state index contributed by atoms with van der Waals surface area (Å²) in [4.78, 5) is 23.7. The van der Waals surface area contributed by atoms with E-state index in [4.69, 9.17) is 4.74 Å². The lowest BCUT2D eigenvalue weighted by Gasteiger charge is -2.17. The molecular weight excluding hydrogens is 356 g/mol. The van der Waals surface area contributed by atoms with Crippen molar-refractivity contribution in [3.05, 3.63) is 29.3 Å². The van der Waals surface area contributed by atoms with Crippen molar-refractivity contribution in [2.45, 2.75) is 62.5 Å². The smallest absolute Gasteiger partial charge is 0.321 e. The number of hydrogen-bond donors (Lipinski definition) is 2. The van der Waals surface area contributed by atoms with Crippen LogP contribution in [0.2, 0.25) is 0 Å². The van der Waals surface area contributed by atoms with Gasteiger partial charge in [0.25, 0.3) is 5.91 Å². The van der Waals surface area contributed by atoms with Gasteiger partial charge in [-0.05, 0) is 68.7 Å². The Morgan fingerprint density at radius 1 is 1.19 bits per heavy atom. The number of esters is 1. The lowest BCUT2D eigenvalue weighted by molar-refractivity contribution is -0.153. The van der Waals surface area contributed by atoms with Crippen LogP contribution in [0, 0.1) is 0 Å². The number of ether oxygens (including phenoxy) is 1. The molecule has 0 saturated heterocycles. The van der Waals surface area contributed by atoms with E-state index in [-0.39, 0.29) is 16.8 Å². The minimum Gasteiger partial charge on any atom is -0.452 e. The van der Waals surface area contributed by atoms with Crippen molar-refractivity contribution in [1.82, 2.24) is 10.0 Å². The molecule has 0 spiro atoms. The zero-order valence-electron chi connectivity index (χ0n) is 14.8. The molecule has 1 aromatic rings. The molecule has 1 fully saturated rings. The predicted octanol–water partition coefficient (Wildman–Crippen LogP) is 1.05. The number of carbonyl (C=O) groups is 2. The van der Waals surface area contributed by atoms with Gasteiger partial charge in [0.2, 0.25) is 10.0 Å². The number of hydrogen-bond acceptors (Lipinski definition) is 5. The van der Waals surface area contributed by atoms with Crippen LogP contribution in [0.4, 0.5) is 0 Å². The maximum absolute atomic E-state index is 12.4. The molecule has 2 N–H and O–H groups in total. The molecule has 0 radical (unpaired) electrons. The van der Waals surface area contributed by atoms with Crippen molar-refractivity contribution in [3.63, 3.8) is 0 Å². The lowest BCUT2D eigenvalue weighted by Crippen LogP contribution is -2.39. The fourth-order valence-electron chi connectivity index (χ4n) is 2.95. The molecule has 7 nitrogen and oxygen atoms in total. The fraction of sp³-hybridized carbons (Fsp3) is 0.556. The third-order valence-electron chi connectivity index (χ3n) is 4.64. The Balaban J connectivity index is 1.54. The Kier molecular flexibility index (Phi) is 5.62. The zero-order chi connectivity index (χ0) is 18.7. The van der Waals surface area contributed by atoms with E-state index in [0.717, 1.165) is 44.1 Å². The second-order valence-electron chi connectivity index (χ2n) is 6.88. The highest BCUT2D eigenvalue weighted by molar-refractivity contribution is 7.89. The number of aryl methyl sites for hydroxylation is 2. The lowest BCUT2D eigenvalue weighted by atomic mass is 9.92. The van der Waals surface area contributed by atoms with Gasteiger partial charge in [-0.1, -0.05) is 6.07 Å². The minimum atomic E-state index is -3.81. The monoisotopic (exact) mass is 380 g/mol. The Bertz CT molecular complexity index is 802. The number of rotatable bonds is 7. The number of carbonyl (C=O) groups excluding carboxylic acids is 2. The number of nitrogens with one attached hydrogen (secondary N) is 2. The van der Waals surface area contributed by atoms with Gasteiger partial charge in [-0.15, -0.1) is 0 Å². The molecule has 142 valence electrons. The molecule has 0 aromatic heterocycles. The third-order valence-corrected chi connectivity index (χ3v) is 6.04. The molecule has 1 aromatic carbocycles. The van der Waals surface area contributed by atoms with E-state index < -0.39 is 28.6 Å². The summed E-state index contributed by atoms with van der Waals surface area (Å²) in [5, 5.41) is 2.73. The van der Waals surface area contributed by atoms with E-state index in [1.54, 1.807) is 12.1 Å². The van der Waals surface area contributed by atoms with E-state index >= 15 is 0 Å². The molecule has 1 amide bonds. The minimum absolute atomic E-state index is 0.144. The van der Waals surface area contributed by atoms with Crippen LogP contribution >= 0.6 is 0 Å². The van der Waals surface area contributed by atoms with E-state index in [9.17, 15) is 18.0 Å². The molecule has 8 heteroatoms. The molecule has 3 rings (SSSR count). The fourth-order valence-corrected chi connectivity index (χ4v) is 3.97. The average Bonchev–Trinajstić information content (AvgIpc) is 3.43. The Morgan fingerprint density at radius 2 is 1.88 bits per heavy atom. The topological polar surface area (TPSA) is 102 Å². The first kappa shape index (κ1) is 18.8. The van der Waals surface area contributed by atoms with Crippen molar-refractivity contribution < 1.29 is 22.7 Å². The summed E-state index contributed by atoms with van der Waals surface area (Å²) < 4.78 is 32.0. The quantitative estimate of drug-likeness (QED) is 0.689. The van der Waals surface area contributed by atoms with Crippen molar-refractivity contribution in [1.29, 1.82) is 0 Å². The van der Waals surface area contributed by atoms with Crippen LogP contribution in [-0.2, 0) is 37.2 Å². The predicted molar refractivity (Wildman–Crippen MR) is 95.0 cm³/mol. The van der Waals surface area contributed by atoms with Crippen molar-refractivity contribution in [2.75, 3.05) is 6.54 Å². The number of amides is 1. The van der Waals surface area contributed by atoms with Crippen LogP contribution in [0.25, 0.3) is 0 Å². The first-order valence-electron chi connectivity index (χ1n) is 8.96. The second kappa shape index (κ2) is 7.75. The Labute approximate surface area is 153 Å². The SMILES string of the molecule is C[C@H](OC(=O)CNS(=O)(=O)c1ccc2c(c1)CCCC2)C(=O)NC1CC1. The molecule has 1 atom stereocenters. The molecular formula is C18H24N2O5S. The highest BCUT2D eigenvalue weighted by atomic mass is 32.2. The molecule has 2 aliphatic rings. The summed E-state index contributed by atoms with van der Waals surface area (Å²) in [6, 6.07) is 5.24. The summed E-state index contributed by atoms with van der Waals surface area (Å²) in [6.07, 6.45) is 4.94. The Hall–Kier alpha value is -1.93. The van der Waals surface area contributed by atoms with Gasteiger partial charge in [0.15, 0.2) is 6.10 Å². The van der Waals surface area contributed by atoms with Gasteiger partial charge in [-0.3, -0.25) is 9.59 Å². The zero-order valence-corrected chi connectivity index (χ0v) is 15.6. The first-order valence-corrected chi connectivity index (χ1v) is 10.4. The molecule has 0 aliphatic heterocycles. The van der Waals surface area contributed by atoms with Gasteiger partial charge in [-0.25, -0.2) is 8.42 Å². The highest BCUT2D eigenvalue weighted by Crippen LogP contribution is 2.24. The van der Waals surface area contributed by atoms with Gasteiger partial charge in [0.1, 0.15) is 6.54 Å². The number of benzene rings is 1. The summed E-state index contributed by atoms with van der Waals surface area (Å²) in [7, 11) is -3.81. The van der Waals surface area contributed by atoms with E-state index in [2.05, 4.69) is 10.0 Å². The summed E-state index contributed by atoms with van der Waals surface area (Å²) >= 11 is 0. The van der Waals surface area contributed by atoms with Gasteiger partial charge in [-0.2, -0.15) is 4.72 Å². The molecule has 0 heterocycles. The van der Waals surface area contributed by atoms with Crippen molar-refractivity contribution in [2.24, 2.45) is 0 Å². The van der Waals surface area contributed by atoms with Crippen LogP contribution in [0.1, 0.15) is 43.7 Å². The van der Waals surface area contributed by atoms with Crippen LogP contribution in [0.3, 0.4) is 0 Å². The maximum atomic E-state index is 12.4. The molecule has 0 unspecified atom stereocenters. The third kappa shape index (κ3) is 4.82. The van der Waals surface area contributed by atoms with Crippen molar-refractivity contribution >= 4 is 21.9 Å². The molecule has 0 bridgehead atoms. The summed E-state index contributed by atoms with van der Waals surface area (Å²) in [5.74, 6) is -1.15. The van der Waals surface area contributed by atoms with Gasteiger partial charge in [0.05, 0.1) is 4.90 Å². The second-order valence-corrected chi connectivity index (χ2v) is 8.64. The van der Waals surface area contributed by atoms with Gasteiger partial charge >= 0.3 is 5.97 Å². The normalized spacial score (nSPS) is 17.9. The standard InChI is InChI=1S/C18H24N2O5S/c1-12(18(22)20-15-7-8-15)25-17(21)11-19-26(23,24)16-9-6-13-4-2-3-5-14(13)10-16/h6,9-10,12,15,19H,2-5,7-8,11H2,1H3,(H,20,22)/t12-/m0/s1. The van der Waals surface area contributed by atoms with Crippen molar-refractivity contribution in [3.8, 4) is 0 Å². The van der Waals surface area contributed by atoms with Crippen LogP contribution in [0.15, 0.2) is 23.1 Å². The Morgan fingerprint density at radius 3 is 2.58 bits per heavy atom. The maximum Gasteiger partial charge on any atom is 0.321 e. The molecule has 1 saturated carbocycles. The molecule has 2 aliphatic carbocycles. The largest absolute Gasteiger partial charge is 0.452 e. The summed E-state index contributed by atoms with van der Waals surface area (Å²) in [6.45, 7) is 0.952. The van der Waals surface area contributed by atoms with Crippen LogP contribution in [-0.4, -0.2) is 39.0 Å². The van der Waals surface area contributed by atoms with E-state index in [1.807, 2.05) is 6.07 Å². The number of sulfonamides is 1. The summed E-state index contributed by atoms with van der Waals surface area (Å²) in [5.41, 5.74) is 2.23. The highest BCUT2D eigenvalue weighted by Gasteiger charge is 2.27. The number of fused-ring (bicyclic) bond motifs is 1. The molecule has 26 heavy (non-hydrogen) atoms. The van der Waals surface area contributed by atoms with Crippen LogP contribution < -0.4 is 10.0 Å². The van der Waals surface area contributed by atoms with Gasteiger partial charge in [0, 0.05) is 6.04 Å². The van der Waals surface area contributed by atoms with Crippen LogP contribution in [0.5, 0.6) is 0 Å².